The van der Waals surface area contributed by atoms with Crippen LogP contribution in [0.15, 0.2) is 24.3 Å². The number of nitrogens with one attached hydrogen (secondary N) is 1. The van der Waals surface area contributed by atoms with Crippen LogP contribution in [0, 0.1) is 5.41 Å². The van der Waals surface area contributed by atoms with Crippen LogP contribution in [0.25, 0.3) is 0 Å². The summed E-state index contributed by atoms with van der Waals surface area (Å²) in [5.74, 6) is 0. The summed E-state index contributed by atoms with van der Waals surface area (Å²) in [6.07, 6.45) is -2.32. The van der Waals surface area contributed by atoms with Crippen molar-refractivity contribution in [3.05, 3.63) is 35.4 Å². The molecule has 1 nitrogen and oxygen atoms in total. The molecule has 1 aliphatic rings. The van der Waals surface area contributed by atoms with E-state index in [0.29, 0.717) is 0 Å². The maximum absolute atomic E-state index is 12.4. The lowest BCUT2D eigenvalue weighted by Gasteiger charge is -2.42. The summed E-state index contributed by atoms with van der Waals surface area (Å²) < 4.78 is 37.2. The average Bonchev–Trinajstić information content (AvgIpc) is 2.23. The van der Waals surface area contributed by atoms with Gasteiger partial charge in [0.2, 0.25) is 0 Å². The van der Waals surface area contributed by atoms with E-state index in [2.05, 4.69) is 12.2 Å². The Kier molecular flexibility index (Phi) is 3.17. The van der Waals surface area contributed by atoms with Gasteiger partial charge >= 0.3 is 6.18 Å². The Morgan fingerprint density at radius 3 is 2.12 bits per heavy atom. The lowest BCUT2D eigenvalue weighted by molar-refractivity contribution is -0.137. The topological polar surface area (TPSA) is 12.0 Å². The number of halogens is 3. The maximum Gasteiger partial charge on any atom is 0.416 e. The van der Waals surface area contributed by atoms with Gasteiger partial charge in [-0.3, -0.25) is 0 Å². The van der Waals surface area contributed by atoms with Crippen LogP contribution < -0.4 is 5.32 Å². The van der Waals surface area contributed by atoms with Crippen LogP contribution in [-0.2, 0) is 12.6 Å². The predicted molar refractivity (Wildman–Crippen MR) is 60.7 cm³/mol. The van der Waals surface area contributed by atoms with Crippen LogP contribution in [-0.4, -0.2) is 13.1 Å². The minimum atomic E-state index is -4.24. The van der Waals surface area contributed by atoms with E-state index in [9.17, 15) is 13.2 Å². The largest absolute Gasteiger partial charge is 0.416 e. The monoisotopic (exact) mass is 243 g/mol. The summed E-state index contributed by atoms with van der Waals surface area (Å²) in [5.41, 5.74) is 0.666. The summed E-state index contributed by atoms with van der Waals surface area (Å²) in [4.78, 5) is 0. The second-order valence-corrected chi connectivity index (χ2v) is 4.83. The molecule has 0 radical (unpaired) electrons. The molecule has 0 atom stereocenters. The molecule has 0 aromatic heterocycles. The van der Waals surface area contributed by atoms with Gasteiger partial charge in [-0.2, -0.15) is 13.2 Å². The van der Waals surface area contributed by atoms with Gasteiger partial charge in [-0.25, -0.2) is 0 Å². The molecule has 0 aliphatic carbocycles. The van der Waals surface area contributed by atoms with Gasteiger partial charge in [0.1, 0.15) is 0 Å². The minimum absolute atomic E-state index is 0.250. The number of benzene rings is 1. The van der Waals surface area contributed by atoms with Crippen LogP contribution in [0.3, 0.4) is 0 Å². The fourth-order valence-corrected chi connectivity index (χ4v) is 2.22. The number of hydrogen-bond acceptors (Lipinski definition) is 1. The smallest absolute Gasteiger partial charge is 0.316 e. The van der Waals surface area contributed by atoms with Crippen molar-refractivity contribution in [2.75, 3.05) is 13.1 Å². The molecule has 4 heteroatoms. The highest BCUT2D eigenvalue weighted by molar-refractivity contribution is 5.26. The first-order valence-electron chi connectivity index (χ1n) is 5.82. The van der Waals surface area contributed by atoms with E-state index in [1.54, 1.807) is 12.1 Å². The van der Waals surface area contributed by atoms with E-state index in [1.807, 2.05) is 0 Å². The molecule has 1 heterocycles. The van der Waals surface area contributed by atoms with E-state index in [1.165, 1.54) is 12.1 Å². The van der Waals surface area contributed by atoms with Gasteiger partial charge in [-0.15, -0.1) is 0 Å². The standard InChI is InChI=1S/C13H16F3N/c1-2-12(8-17-9-12)7-10-3-5-11(6-4-10)13(14,15)16/h3-6,17H,2,7-9H2,1H3. The summed E-state index contributed by atoms with van der Waals surface area (Å²) in [5, 5.41) is 3.23. The zero-order valence-corrected chi connectivity index (χ0v) is 9.77. The van der Waals surface area contributed by atoms with Gasteiger partial charge in [-0.05, 0) is 36.0 Å². The molecule has 1 aromatic rings. The van der Waals surface area contributed by atoms with Crippen molar-refractivity contribution >= 4 is 0 Å². The van der Waals surface area contributed by atoms with Crippen molar-refractivity contribution in [1.82, 2.24) is 5.32 Å². The van der Waals surface area contributed by atoms with Crippen LogP contribution in [0.4, 0.5) is 13.2 Å². The Balaban J connectivity index is 2.08. The number of hydrogen-bond donors (Lipinski definition) is 1. The summed E-state index contributed by atoms with van der Waals surface area (Å²) in [7, 11) is 0. The first-order valence-corrected chi connectivity index (χ1v) is 5.82. The Morgan fingerprint density at radius 1 is 1.18 bits per heavy atom. The van der Waals surface area contributed by atoms with E-state index in [0.717, 1.165) is 31.5 Å². The van der Waals surface area contributed by atoms with Crippen molar-refractivity contribution in [3.8, 4) is 0 Å². The minimum Gasteiger partial charge on any atom is -0.316 e. The molecule has 94 valence electrons. The second-order valence-electron chi connectivity index (χ2n) is 4.83. The normalized spacial score (nSPS) is 18.8. The fourth-order valence-electron chi connectivity index (χ4n) is 2.22. The highest BCUT2D eigenvalue weighted by Crippen LogP contribution is 2.33. The molecule has 17 heavy (non-hydrogen) atoms. The maximum atomic E-state index is 12.4. The highest BCUT2D eigenvalue weighted by atomic mass is 19.4. The van der Waals surface area contributed by atoms with Crippen molar-refractivity contribution in [2.45, 2.75) is 25.9 Å². The van der Waals surface area contributed by atoms with Crippen molar-refractivity contribution in [1.29, 1.82) is 0 Å². The molecule has 0 bridgehead atoms. The fraction of sp³-hybridized carbons (Fsp3) is 0.538. The molecule has 0 amide bonds. The molecule has 1 saturated heterocycles. The Labute approximate surface area is 99.0 Å². The van der Waals surface area contributed by atoms with E-state index < -0.39 is 11.7 Å². The van der Waals surface area contributed by atoms with E-state index in [4.69, 9.17) is 0 Å². The first-order chi connectivity index (χ1) is 7.95. The molecule has 0 spiro atoms. The van der Waals surface area contributed by atoms with Crippen LogP contribution >= 0.6 is 0 Å². The molecule has 1 aliphatic heterocycles. The van der Waals surface area contributed by atoms with Gasteiger partial charge in [0.25, 0.3) is 0 Å². The van der Waals surface area contributed by atoms with Gasteiger partial charge in [0.05, 0.1) is 5.56 Å². The Morgan fingerprint density at radius 2 is 1.76 bits per heavy atom. The molecule has 2 rings (SSSR count). The van der Waals surface area contributed by atoms with Crippen LogP contribution in [0.2, 0.25) is 0 Å². The van der Waals surface area contributed by atoms with Gasteiger partial charge in [-0.1, -0.05) is 19.1 Å². The summed E-state index contributed by atoms with van der Waals surface area (Å²) in [6.45, 7) is 4.06. The zero-order chi connectivity index (χ0) is 12.5. The lowest BCUT2D eigenvalue weighted by Crippen LogP contribution is -2.54. The lowest BCUT2D eigenvalue weighted by atomic mass is 9.74. The SMILES string of the molecule is CCC1(Cc2ccc(C(F)(F)F)cc2)CNC1. The van der Waals surface area contributed by atoms with Gasteiger partial charge < -0.3 is 5.32 Å². The van der Waals surface area contributed by atoms with E-state index >= 15 is 0 Å². The summed E-state index contributed by atoms with van der Waals surface area (Å²) in [6, 6.07) is 5.53. The van der Waals surface area contributed by atoms with Gasteiger partial charge in [0.15, 0.2) is 0 Å². The molecule has 1 fully saturated rings. The second kappa shape index (κ2) is 4.33. The highest BCUT2D eigenvalue weighted by Gasteiger charge is 2.35. The molecule has 0 saturated carbocycles. The summed E-state index contributed by atoms with van der Waals surface area (Å²) >= 11 is 0. The Bertz CT molecular complexity index is 371. The van der Waals surface area contributed by atoms with E-state index in [-0.39, 0.29) is 5.41 Å². The molecular weight excluding hydrogens is 227 g/mol. The Hall–Kier alpha value is -1.03. The third-order valence-electron chi connectivity index (χ3n) is 3.61. The molecule has 0 unspecified atom stereocenters. The number of alkyl halides is 3. The predicted octanol–water partition coefficient (Wildman–Crippen LogP) is 3.25. The van der Waals surface area contributed by atoms with Crippen LogP contribution in [0.1, 0.15) is 24.5 Å². The third-order valence-corrected chi connectivity index (χ3v) is 3.61. The van der Waals surface area contributed by atoms with Crippen molar-refractivity contribution < 1.29 is 13.2 Å². The first kappa shape index (κ1) is 12.4. The third kappa shape index (κ3) is 2.63. The number of rotatable bonds is 3. The zero-order valence-electron chi connectivity index (χ0n) is 9.77. The molecule has 1 N–H and O–H groups in total. The quantitative estimate of drug-likeness (QED) is 0.859. The van der Waals surface area contributed by atoms with Crippen molar-refractivity contribution in [2.24, 2.45) is 5.41 Å². The average molecular weight is 243 g/mol. The molecule has 1 aromatic carbocycles. The van der Waals surface area contributed by atoms with Crippen LogP contribution in [0.5, 0.6) is 0 Å². The molecular formula is C13H16F3N. The van der Waals surface area contributed by atoms with Gasteiger partial charge in [0, 0.05) is 13.1 Å². The van der Waals surface area contributed by atoms with Crippen molar-refractivity contribution in [3.63, 3.8) is 0 Å².